The van der Waals surface area contributed by atoms with Crippen molar-refractivity contribution >= 4 is 62.0 Å². The van der Waals surface area contributed by atoms with Crippen LogP contribution >= 0.6 is 46.4 Å². The van der Waals surface area contributed by atoms with E-state index >= 15 is 0 Å². The molecule has 0 saturated heterocycles. The summed E-state index contributed by atoms with van der Waals surface area (Å²) in [6, 6.07) is 17.7. The number of hydrazine groups is 1. The summed E-state index contributed by atoms with van der Waals surface area (Å²) in [6.45, 7) is 0. The van der Waals surface area contributed by atoms with Gasteiger partial charge in [-0.25, -0.2) is 8.42 Å². The van der Waals surface area contributed by atoms with E-state index in [2.05, 4.69) is 0 Å². The van der Waals surface area contributed by atoms with Crippen LogP contribution < -0.4 is 0 Å². The lowest BCUT2D eigenvalue weighted by Gasteiger charge is -2.31. The van der Waals surface area contributed by atoms with Crippen LogP contribution in [-0.2, 0) is 10.0 Å². The Labute approximate surface area is 201 Å². The molecule has 4 nitrogen and oxygen atoms in total. The molecule has 1 unspecified atom stereocenters. The zero-order valence-electron chi connectivity index (χ0n) is 16.1. The molecule has 3 aromatic carbocycles. The van der Waals surface area contributed by atoms with Crippen LogP contribution in [0.5, 0.6) is 0 Å². The van der Waals surface area contributed by atoms with Gasteiger partial charge >= 0.3 is 0 Å². The van der Waals surface area contributed by atoms with Crippen LogP contribution in [0, 0.1) is 0 Å². The van der Waals surface area contributed by atoms with Gasteiger partial charge in [-0.2, -0.15) is 0 Å². The number of sulfonamides is 1. The number of rotatable bonds is 4. The maximum absolute atomic E-state index is 13.7. The Balaban J connectivity index is 1.90. The molecule has 0 radical (unpaired) electrons. The lowest BCUT2D eigenvalue weighted by atomic mass is 9.95. The van der Waals surface area contributed by atoms with Gasteiger partial charge in [0.1, 0.15) is 0 Å². The molecule has 4 rings (SSSR count). The molecule has 0 aliphatic carbocycles. The summed E-state index contributed by atoms with van der Waals surface area (Å²) >= 11 is 24.7. The van der Waals surface area contributed by atoms with Gasteiger partial charge in [-0.15, -0.1) is 0 Å². The van der Waals surface area contributed by atoms with Crippen LogP contribution in [-0.4, -0.2) is 24.9 Å². The van der Waals surface area contributed by atoms with Crippen molar-refractivity contribution in [3.8, 4) is 0 Å². The molecule has 1 aliphatic heterocycles. The van der Waals surface area contributed by atoms with Gasteiger partial charge in [-0.05, 0) is 53.6 Å². The Morgan fingerprint density at radius 2 is 1.45 bits per heavy atom. The summed E-state index contributed by atoms with van der Waals surface area (Å²) in [5.74, 6) is 0. The van der Waals surface area contributed by atoms with E-state index < -0.39 is 16.1 Å². The highest BCUT2D eigenvalue weighted by atomic mass is 35.5. The Kier molecular flexibility index (Phi) is 6.28. The second-order valence-corrected chi connectivity index (χ2v) is 10.5. The predicted molar refractivity (Wildman–Crippen MR) is 127 cm³/mol. The summed E-state index contributed by atoms with van der Waals surface area (Å²) in [5.41, 5.74) is 2.12. The number of benzene rings is 3. The smallest absolute Gasteiger partial charge is 0.260 e. The van der Waals surface area contributed by atoms with Crippen molar-refractivity contribution in [2.75, 3.05) is 7.05 Å². The molecule has 31 heavy (non-hydrogen) atoms. The Hall–Kier alpha value is -1.73. The molecule has 9 heteroatoms. The van der Waals surface area contributed by atoms with Gasteiger partial charge in [0.2, 0.25) is 0 Å². The van der Waals surface area contributed by atoms with Crippen molar-refractivity contribution in [2.24, 2.45) is 0 Å². The fourth-order valence-corrected chi connectivity index (χ4v) is 6.11. The normalized spacial score (nSPS) is 17.1. The van der Waals surface area contributed by atoms with Crippen molar-refractivity contribution in [2.45, 2.75) is 10.9 Å². The van der Waals surface area contributed by atoms with Gasteiger partial charge in [-0.1, -0.05) is 75.1 Å². The first kappa shape index (κ1) is 22.5. The van der Waals surface area contributed by atoms with Crippen LogP contribution in [0.25, 0.3) is 5.57 Å². The number of hydrogen-bond donors (Lipinski definition) is 0. The molecule has 0 fully saturated rings. The highest BCUT2D eigenvalue weighted by Gasteiger charge is 2.42. The monoisotopic (exact) mass is 512 g/mol. The minimum atomic E-state index is -3.96. The molecule has 1 aliphatic rings. The minimum absolute atomic E-state index is 0.0858. The van der Waals surface area contributed by atoms with Crippen LogP contribution in [0.3, 0.4) is 0 Å². The van der Waals surface area contributed by atoms with Crippen LogP contribution in [0.2, 0.25) is 20.1 Å². The van der Waals surface area contributed by atoms with Crippen LogP contribution in [0.15, 0.2) is 77.8 Å². The lowest BCUT2D eigenvalue weighted by molar-refractivity contribution is 0.151. The van der Waals surface area contributed by atoms with Crippen molar-refractivity contribution < 1.29 is 8.42 Å². The van der Waals surface area contributed by atoms with E-state index in [1.807, 2.05) is 0 Å². The topological polar surface area (TPSA) is 40.6 Å². The van der Waals surface area contributed by atoms with Gasteiger partial charge in [0.05, 0.1) is 10.9 Å². The Morgan fingerprint density at radius 1 is 0.806 bits per heavy atom. The molecule has 0 saturated carbocycles. The van der Waals surface area contributed by atoms with Gasteiger partial charge in [0, 0.05) is 38.9 Å². The second kappa shape index (κ2) is 8.66. The summed E-state index contributed by atoms with van der Waals surface area (Å²) in [5, 5.41) is 3.34. The van der Waals surface area contributed by atoms with E-state index in [-0.39, 0.29) is 4.90 Å². The van der Waals surface area contributed by atoms with Crippen LogP contribution in [0.1, 0.15) is 17.2 Å². The first-order chi connectivity index (χ1) is 14.7. The summed E-state index contributed by atoms with van der Waals surface area (Å²) in [6.07, 6.45) is 1.75. The van der Waals surface area contributed by atoms with Crippen molar-refractivity contribution in [1.29, 1.82) is 0 Å². The maximum Gasteiger partial charge on any atom is 0.260 e. The molecule has 160 valence electrons. The number of halogens is 4. The van der Waals surface area contributed by atoms with Crippen molar-refractivity contribution in [1.82, 2.24) is 9.42 Å². The van der Waals surface area contributed by atoms with E-state index in [9.17, 15) is 8.42 Å². The van der Waals surface area contributed by atoms with Gasteiger partial charge in [-0.3, -0.25) is 0 Å². The SMILES string of the molecule is CN1C=C(c2ccc(Cl)cc2Cl)C(c2ccc(Cl)cc2)N1S(=O)(=O)c1cccc(Cl)c1. The summed E-state index contributed by atoms with van der Waals surface area (Å²) in [7, 11) is -2.29. The van der Waals surface area contributed by atoms with E-state index in [0.29, 0.717) is 31.2 Å². The first-order valence-corrected chi connectivity index (χ1v) is 12.1. The predicted octanol–water partition coefficient (Wildman–Crippen LogP) is 6.93. The average molecular weight is 514 g/mol. The van der Waals surface area contributed by atoms with E-state index in [1.165, 1.54) is 21.6 Å². The second-order valence-electron chi connectivity index (χ2n) is 6.97. The summed E-state index contributed by atoms with van der Waals surface area (Å²) < 4.78 is 28.7. The van der Waals surface area contributed by atoms with E-state index in [1.54, 1.807) is 67.8 Å². The third kappa shape index (κ3) is 4.31. The first-order valence-electron chi connectivity index (χ1n) is 9.14. The molecule has 0 amide bonds. The van der Waals surface area contributed by atoms with Gasteiger partial charge < -0.3 is 5.01 Å². The third-order valence-corrected chi connectivity index (χ3v) is 7.77. The van der Waals surface area contributed by atoms with Crippen molar-refractivity contribution in [3.05, 3.63) is 104 Å². The third-order valence-electron chi connectivity index (χ3n) is 4.92. The standard InChI is InChI=1S/C22H16Cl4N2O2S/c1-27-13-20(19-10-9-17(25)12-21(19)26)22(14-5-7-15(23)8-6-14)28(27)31(29,30)18-4-2-3-16(24)11-18/h2-13,22H,1H3. The quantitative estimate of drug-likeness (QED) is 0.379. The fourth-order valence-electron chi connectivity index (χ4n) is 3.57. The van der Waals surface area contributed by atoms with Gasteiger partial charge in [0.25, 0.3) is 10.0 Å². The molecular weight excluding hydrogens is 498 g/mol. The molecule has 1 atom stereocenters. The lowest BCUT2D eigenvalue weighted by Crippen LogP contribution is -2.40. The molecule has 3 aromatic rings. The Bertz CT molecular complexity index is 1280. The highest BCUT2D eigenvalue weighted by molar-refractivity contribution is 7.89. The van der Waals surface area contributed by atoms with Crippen LogP contribution in [0.4, 0.5) is 0 Å². The molecule has 0 aromatic heterocycles. The summed E-state index contributed by atoms with van der Waals surface area (Å²) in [4.78, 5) is 0.0858. The minimum Gasteiger partial charge on any atom is -0.301 e. The van der Waals surface area contributed by atoms with Gasteiger partial charge in [0.15, 0.2) is 0 Å². The Morgan fingerprint density at radius 3 is 2.10 bits per heavy atom. The zero-order chi connectivity index (χ0) is 22.3. The van der Waals surface area contributed by atoms with E-state index in [4.69, 9.17) is 46.4 Å². The molecule has 0 bridgehead atoms. The maximum atomic E-state index is 13.7. The number of hydrogen-bond acceptors (Lipinski definition) is 3. The molecule has 0 N–H and O–H groups in total. The fraction of sp³-hybridized carbons (Fsp3) is 0.0909. The largest absolute Gasteiger partial charge is 0.301 e. The zero-order valence-corrected chi connectivity index (χ0v) is 20.0. The number of nitrogens with zero attached hydrogens (tertiary/aromatic N) is 2. The van der Waals surface area contributed by atoms with E-state index in [0.717, 1.165) is 5.56 Å². The molecule has 0 spiro atoms. The molecular formula is C22H16Cl4N2O2S. The van der Waals surface area contributed by atoms with Crippen molar-refractivity contribution in [3.63, 3.8) is 0 Å². The highest BCUT2D eigenvalue weighted by Crippen LogP contribution is 2.46. The molecule has 1 heterocycles. The average Bonchev–Trinajstić information content (AvgIpc) is 3.06.